The van der Waals surface area contributed by atoms with Crippen LogP contribution in [0.3, 0.4) is 0 Å². The molecule has 0 unspecified atom stereocenters. The maximum atomic E-state index is 12.1. The minimum atomic E-state index is -4.27. The van der Waals surface area contributed by atoms with Gasteiger partial charge in [-0.05, 0) is 23.9 Å². The van der Waals surface area contributed by atoms with Gasteiger partial charge in [0.05, 0.1) is 0 Å². The van der Waals surface area contributed by atoms with Crippen LogP contribution in [0, 0.1) is 0 Å². The molecule has 0 amide bonds. The number of benzene rings is 1. The second-order valence-corrected chi connectivity index (χ2v) is 4.95. The molecular weight excluding hydrogens is 271 g/mol. The highest BCUT2D eigenvalue weighted by molar-refractivity contribution is 8.00. The van der Waals surface area contributed by atoms with Crippen LogP contribution in [-0.4, -0.2) is 14.9 Å². The fraction of sp³-hybridized carbons (Fsp3) is 0.111. The molecule has 0 spiro atoms. The number of halogens is 3. The lowest BCUT2D eigenvalue weighted by Gasteiger charge is -2.05. The molecule has 0 fully saturated rings. The second kappa shape index (κ2) is 4.53. The van der Waals surface area contributed by atoms with Crippen LogP contribution in [0.1, 0.15) is 0 Å². The lowest BCUT2D eigenvalue weighted by atomic mass is 10.2. The van der Waals surface area contributed by atoms with E-state index in [0.29, 0.717) is 16.5 Å². The summed E-state index contributed by atoms with van der Waals surface area (Å²) in [6.45, 7) is 0. The molecule has 2 aromatic rings. The van der Waals surface area contributed by atoms with Gasteiger partial charge in [-0.2, -0.15) is 22.5 Å². The number of anilines is 1. The van der Waals surface area contributed by atoms with E-state index in [9.17, 15) is 13.2 Å². The summed E-state index contributed by atoms with van der Waals surface area (Å²) in [7, 11) is 0. The number of nitrogens with two attached hydrogens (primary N) is 1. The standard InChI is InChI=1S/C9H6F3N3S2/c10-9(11,12)16-6-3-1-5(2-4-6)7-14-8(13)17-15-7/h1-4H,(H2,13,14,15). The van der Waals surface area contributed by atoms with E-state index in [0.717, 1.165) is 11.5 Å². The van der Waals surface area contributed by atoms with Gasteiger partial charge >= 0.3 is 5.51 Å². The molecule has 3 nitrogen and oxygen atoms in total. The Hall–Kier alpha value is -1.28. The van der Waals surface area contributed by atoms with E-state index in [4.69, 9.17) is 5.73 Å². The highest BCUT2D eigenvalue weighted by atomic mass is 32.2. The van der Waals surface area contributed by atoms with Gasteiger partial charge in [0.15, 0.2) is 11.0 Å². The molecule has 90 valence electrons. The van der Waals surface area contributed by atoms with E-state index in [1.807, 2.05) is 0 Å². The summed E-state index contributed by atoms with van der Waals surface area (Å²) in [4.78, 5) is 4.07. The fourth-order valence-corrected chi connectivity index (χ4v) is 2.15. The van der Waals surface area contributed by atoms with Gasteiger partial charge in [-0.15, -0.1) is 0 Å². The van der Waals surface area contributed by atoms with Gasteiger partial charge in [-0.1, -0.05) is 12.1 Å². The third kappa shape index (κ3) is 3.34. The summed E-state index contributed by atoms with van der Waals surface area (Å²) in [6.07, 6.45) is 0. The molecule has 0 saturated carbocycles. The first-order valence-electron chi connectivity index (χ1n) is 4.39. The normalized spacial score (nSPS) is 11.7. The van der Waals surface area contributed by atoms with Crippen LogP contribution in [0.2, 0.25) is 0 Å². The molecule has 1 aromatic heterocycles. The maximum Gasteiger partial charge on any atom is 0.446 e. The first kappa shape index (κ1) is 12.2. The first-order valence-corrected chi connectivity index (χ1v) is 5.98. The Morgan fingerprint density at radius 2 is 1.82 bits per heavy atom. The van der Waals surface area contributed by atoms with Gasteiger partial charge < -0.3 is 5.73 Å². The lowest BCUT2D eigenvalue weighted by Crippen LogP contribution is -1.98. The Morgan fingerprint density at radius 3 is 2.29 bits per heavy atom. The molecule has 1 aromatic carbocycles. The molecular formula is C9H6F3N3S2. The molecule has 17 heavy (non-hydrogen) atoms. The molecule has 0 atom stereocenters. The largest absolute Gasteiger partial charge is 0.446 e. The zero-order chi connectivity index (χ0) is 12.5. The van der Waals surface area contributed by atoms with Crippen molar-refractivity contribution >= 4 is 28.4 Å². The molecule has 0 saturated heterocycles. The Morgan fingerprint density at radius 1 is 1.18 bits per heavy atom. The van der Waals surface area contributed by atoms with Gasteiger partial charge in [0.2, 0.25) is 0 Å². The predicted molar refractivity (Wildman–Crippen MR) is 61.7 cm³/mol. The fourth-order valence-electron chi connectivity index (χ4n) is 1.16. The predicted octanol–water partition coefficient (Wildman–Crippen LogP) is 3.40. The molecule has 0 aliphatic carbocycles. The summed E-state index contributed by atoms with van der Waals surface area (Å²) in [6, 6.07) is 5.83. The third-order valence-electron chi connectivity index (χ3n) is 1.79. The molecule has 2 N–H and O–H groups in total. The van der Waals surface area contributed by atoms with Crippen molar-refractivity contribution in [2.45, 2.75) is 10.4 Å². The number of hydrogen-bond acceptors (Lipinski definition) is 5. The number of hydrogen-bond donors (Lipinski definition) is 1. The van der Waals surface area contributed by atoms with E-state index >= 15 is 0 Å². The molecule has 0 aliphatic heterocycles. The van der Waals surface area contributed by atoms with Crippen LogP contribution in [0.15, 0.2) is 29.2 Å². The van der Waals surface area contributed by atoms with Crippen LogP contribution < -0.4 is 5.73 Å². The number of nitrogen functional groups attached to an aromatic ring is 1. The van der Waals surface area contributed by atoms with Gasteiger partial charge in [0.1, 0.15) is 0 Å². The van der Waals surface area contributed by atoms with Gasteiger partial charge in [0, 0.05) is 22.0 Å². The zero-order valence-electron chi connectivity index (χ0n) is 8.23. The van der Waals surface area contributed by atoms with Crippen LogP contribution in [-0.2, 0) is 0 Å². The Labute approximate surface area is 103 Å². The summed E-state index contributed by atoms with van der Waals surface area (Å²) < 4.78 is 40.2. The van der Waals surface area contributed by atoms with Crippen LogP contribution in [0.4, 0.5) is 18.3 Å². The summed E-state index contributed by atoms with van der Waals surface area (Å²) in [5.41, 5.74) is 1.79. The van der Waals surface area contributed by atoms with Gasteiger partial charge in [-0.3, -0.25) is 0 Å². The number of thioether (sulfide) groups is 1. The Bertz CT molecular complexity index is 507. The van der Waals surface area contributed by atoms with E-state index in [-0.39, 0.29) is 16.7 Å². The third-order valence-corrected chi connectivity index (χ3v) is 3.07. The minimum absolute atomic E-state index is 0.129. The number of aromatic nitrogens is 2. The summed E-state index contributed by atoms with van der Waals surface area (Å²) >= 11 is 0.892. The summed E-state index contributed by atoms with van der Waals surface area (Å²) in [5.74, 6) is 0.427. The minimum Gasteiger partial charge on any atom is -0.374 e. The molecule has 0 aliphatic rings. The quantitative estimate of drug-likeness (QED) is 0.855. The van der Waals surface area contributed by atoms with Crippen molar-refractivity contribution in [2.75, 3.05) is 5.73 Å². The Kier molecular flexibility index (Phi) is 3.25. The highest BCUT2D eigenvalue weighted by Crippen LogP contribution is 2.37. The van der Waals surface area contributed by atoms with Crippen molar-refractivity contribution in [1.82, 2.24) is 9.36 Å². The topological polar surface area (TPSA) is 51.8 Å². The SMILES string of the molecule is Nc1nc(-c2ccc(SC(F)(F)F)cc2)ns1. The molecule has 1 heterocycles. The zero-order valence-corrected chi connectivity index (χ0v) is 9.86. The smallest absolute Gasteiger partial charge is 0.374 e. The van der Waals surface area contributed by atoms with Crippen LogP contribution >= 0.6 is 23.3 Å². The number of nitrogens with zero attached hydrogens (tertiary/aromatic N) is 2. The monoisotopic (exact) mass is 277 g/mol. The van der Waals surface area contributed by atoms with Crippen molar-refractivity contribution in [1.29, 1.82) is 0 Å². The highest BCUT2D eigenvalue weighted by Gasteiger charge is 2.29. The maximum absolute atomic E-state index is 12.1. The van der Waals surface area contributed by atoms with Crippen LogP contribution in [0.25, 0.3) is 11.4 Å². The van der Waals surface area contributed by atoms with Crippen molar-refractivity contribution in [2.24, 2.45) is 0 Å². The average molecular weight is 277 g/mol. The van der Waals surface area contributed by atoms with E-state index in [1.54, 1.807) is 0 Å². The second-order valence-electron chi connectivity index (χ2n) is 3.03. The van der Waals surface area contributed by atoms with Crippen molar-refractivity contribution in [3.63, 3.8) is 0 Å². The van der Waals surface area contributed by atoms with Crippen molar-refractivity contribution in [3.05, 3.63) is 24.3 Å². The van der Waals surface area contributed by atoms with E-state index < -0.39 is 5.51 Å². The molecule has 0 radical (unpaired) electrons. The first-order chi connectivity index (χ1) is 7.94. The lowest BCUT2D eigenvalue weighted by molar-refractivity contribution is -0.0328. The number of alkyl halides is 3. The van der Waals surface area contributed by atoms with E-state index in [1.165, 1.54) is 24.3 Å². The molecule has 2 rings (SSSR count). The molecule has 8 heteroatoms. The van der Waals surface area contributed by atoms with Gasteiger partial charge in [0.25, 0.3) is 0 Å². The average Bonchev–Trinajstić information content (AvgIpc) is 2.63. The molecule has 0 bridgehead atoms. The Balaban J connectivity index is 2.19. The summed E-state index contributed by atoms with van der Waals surface area (Å²) in [5, 5.41) is 0.328. The van der Waals surface area contributed by atoms with Gasteiger partial charge in [-0.25, -0.2) is 0 Å². The van der Waals surface area contributed by atoms with E-state index in [2.05, 4.69) is 9.36 Å². The number of rotatable bonds is 2. The van der Waals surface area contributed by atoms with Crippen molar-refractivity contribution in [3.8, 4) is 11.4 Å². The van der Waals surface area contributed by atoms with Crippen molar-refractivity contribution < 1.29 is 13.2 Å². The van der Waals surface area contributed by atoms with Crippen LogP contribution in [0.5, 0.6) is 0 Å².